The van der Waals surface area contributed by atoms with Crippen LogP contribution in [0.4, 0.5) is 13.2 Å². The Labute approximate surface area is 154 Å². The van der Waals surface area contributed by atoms with Crippen LogP contribution in [-0.2, 0) is 9.53 Å². The zero-order chi connectivity index (χ0) is 20.0. The van der Waals surface area contributed by atoms with Crippen molar-refractivity contribution in [1.29, 1.82) is 0 Å². The molecule has 0 spiro atoms. The smallest absolute Gasteiger partial charge is 0.496 e. The Bertz CT molecular complexity index is 776. The molecule has 0 fully saturated rings. The first-order valence-corrected chi connectivity index (χ1v) is 8.18. The van der Waals surface area contributed by atoms with Gasteiger partial charge >= 0.3 is 12.3 Å². The number of carbonyl (C=O) groups is 1. The van der Waals surface area contributed by atoms with Crippen molar-refractivity contribution < 1.29 is 32.2 Å². The third-order valence-electron chi connectivity index (χ3n) is 3.74. The monoisotopic (exact) mass is 383 g/mol. The van der Waals surface area contributed by atoms with E-state index in [1.807, 2.05) is 0 Å². The molecule has 0 saturated heterocycles. The standard InChI is InChI=1S/C19H20F3NO4/c1-3-26-18(24)11-16(23)13-6-9-17(25-2)15(10-13)12-4-7-14(8-5-12)27-19(20,21)22/h4-10,16H,3,11,23H2,1-2H3/t16-/m0/s1. The first-order chi connectivity index (χ1) is 12.7. The molecule has 0 aromatic heterocycles. The van der Waals surface area contributed by atoms with Gasteiger partial charge in [0.1, 0.15) is 11.5 Å². The number of esters is 1. The van der Waals surface area contributed by atoms with Crippen LogP contribution in [0.25, 0.3) is 11.1 Å². The lowest BCUT2D eigenvalue weighted by Crippen LogP contribution is -2.17. The number of alkyl halides is 3. The second kappa shape index (κ2) is 8.77. The normalized spacial score (nSPS) is 12.4. The summed E-state index contributed by atoms with van der Waals surface area (Å²) in [5.41, 5.74) is 8.00. The van der Waals surface area contributed by atoms with Gasteiger partial charge in [0, 0.05) is 11.6 Å². The summed E-state index contributed by atoms with van der Waals surface area (Å²) in [7, 11) is 1.48. The maximum absolute atomic E-state index is 12.3. The molecule has 0 unspecified atom stereocenters. The van der Waals surface area contributed by atoms with Gasteiger partial charge in [-0.3, -0.25) is 4.79 Å². The highest BCUT2D eigenvalue weighted by Gasteiger charge is 2.31. The number of benzene rings is 2. The molecule has 0 amide bonds. The van der Waals surface area contributed by atoms with E-state index in [9.17, 15) is 18.0 Å². The number of halogens is 3. The Morgan fingerprint density at radius 2 is 1.81 bits per heavy atom. The van der Waals surface area contributed by atoms with E-state index in [0.717, 1.165) is 0 Å². The predicted octanol–water partition coefficient (Wildman–Crippen LogP) is 4.21. The van der Waals surface area contributed by atoms with Crippen LogP contribution in [0.2, 0.25) is 0 Å². The largest absolute Gasteiger partial charge is 0.573 e. The van der Waals surface area contributed by atoms with Gasteiger partial charge in [0.05, 0.1) is 20.1 Å². The fourth-order valence-corrected chi connectivity index (χ4v) is 2.54. The molecule has 0 radical (unpaired) electrons. The highest BCUT2D eigenvalue weighted by Crippen LogP contribution is 2.34. The summed E-state index contributed by atoms with van der Waals surface area (Å²) in [4.78, 5) is 11.6. The summed E-state index contributed by atoms with van der Waals surface area (Å²) in [6.45, 7) is 1.98. The van der Waals surface area contributed by atoms with Crippen LogP contribution >= 0.6 is 0 Å². The second-order valence-corrected chi connectivity index (χ2v) is 5.65. The molecule has 8 heteroatoms. The third-order valence-corrected chi connectivity index (χ3v) is 3.74. The van der Waals surface area contributed by atoms with Gasteiger partial charge in [0.25, 0.3) is 0 Å². The molecule has 2 rings (SSSR count). The molecule has 0 saturated carbocycles. The van der Waals surface area contributed by atoms with Gasteiger partial charge in [-0.15, -0.1) is 13.2 Å². The van der Waals surface area contributed by atoms with Crippen LogP contribution in [0.3, 0.4) is 0 Å². The number of carbonyl (C=O) groups excluding carboxylic acids is 1. The number of ether oxygens (including phenoxy) is 3. The Balaban J connectivity index is 2.28. The van der Waals surface area contributed by atoms with Gasteiger partial charge in [0.2, 0.25) is 0 Å². The molecular weight excluding hydrogens is 363 g/mol. The van der Waals surface area contributed by atoms with Gasteiger partial charge in [-0.2, -0.15) is 0 Å². The van der Waals surface area contributed by atoms with Crippen molar-refractivity contribution >= 4 is 5.97 Å². The lowest BCUT2D eigenvalue weighted by Gasteiger charge is -2.16. The van der Waals surface area contributed by atoms with Crippen LogP contribution in [-0.4, -0.2) is 26.0 Å². The SMILES string of the molecule is CCOC(=O)C[C@H](N)c1ccc(OC)c(-c2ccc(OC(F)(F)F)cc2)c1. The lowest BCUT2D eigenvalue weighted by atomic mass is 9.97. The molecule has 2 aromatic carbocycles. The fourth-order valence-electron chi connectivity index (χ4n) is 2.54. The third kappa shape index (κ3) is 5.89. The maximum Gasteiger partial charge on any atom is 0.573 e. The molecule has 5 nitrogen and oxygen atoms in total. The minimum Gasteiger partial charge on any atom is -0.496 e. The first-order valence-electron chi connectivity index (χ1n) is 8.18. The summed E-state index contributed by atoms with van der Waals surface area (Å²) in [5, 5.41) is 0. The summed E-state index contributed by atoms with van der Waals surface area (Å²) in [5.74, 6) is -0.206. The summed E-state index contributed by atoms with van der Waals surface area (Å²) in [6.07, 6.45) is -4.74. The Hall–Kier alpha value is -2.74. The first kappa shape index (κ1) is 20.6. The van der Waals surface area contributed by atoms with Crippen molar-refractivity contribution in [3.05, 3.63) is 48.0 Å². The van der Waals surface area contributed by atoms with Crippen LogP contribution in [0.15, 0.2) is 42.5 Å². The molecule has 1 atom stereocenters. The van der Waals surface area contributed by atoms with E-state index in [1.54, 1.807) is 25.1 Å². The lowest BCUT2D eigenvalue weighted by molar-refractivity contribution is -0.274. The molecule has 0 aliphatic carbocycles. The van der Waals surface area contributed by atoms with Crippen molar-refractivity contribution in [1.82, 2.24) is 0 Å². The number of hydrogen-bond donors (Lipinski definition) is 1. The topological polar surface area (TPSA) is 70.8 Å². The summed E-state index contributed by atoms with van der Waals surface area (Å²) in [6, 6.07) is 9.98. The van der Waals surface area contributed by atoms with Crippen LogP contribution < -0.4 is 15.2 Å². The fraction of sp³-hybridized carbons (Fsp3) is 0.316. The van der Waals surface area contributed by atoms with E-state index in [0.29, 0.717) is 22.4 Å². The highest BCUT2D eigenvalue weighted by molar-refractivity contribution is 5.73. The number of rotatable bonds is 7. The molecule has 0 aliphatic rings. The number of nitrogens with two attached hydrogens (primary N) is 1. The van der Waals surface area contributed by atoms with E-state index in [-0.39, 0.29) is 18.8 Å². The quantitative estimate of drug-likeness (QED) is 0.725. The van der Waals surface area contributed by atoms with Gasteiger partial charge in [0.15, 0.2) is 0 Å². The van der Waals surface area contributed by atoms with Crippen LogP contribution in [0, 0.1) is 0 Å². The number of methoxy groups -OCH3 is 1. The van der Waals surface area contributed by atoms with Gasteiger partial charge in [-0.25, -0.2) is 0 Å². The van der Waals surface area contributed by atoms with E-state index < -0.39 is 18.4 Å². The molecule has 27 heavy (non-hydrogen) atoms. The Morgan fingerprint density at radius 3 is 2.37 bits per heavy atom. The predicted molar refractivity (Wildman–Crippen MR) is 93.3 cm³/mol. The molecule has 146 valence electrons. The van der Waals surface area contributed by atoms with Crippen molar-refractivity contribution in [3.63, 3.8) is 0 Å². The van der Waals surface area contributed by atoms with Crippen molar-refractivity contribution in [3.8, 4) is 22.6 Å². The van der Waals surface area contributed by atoms with E-state index in [1.165, 1.54) is 31.4 Å². The maximum atomic E-state index is 12.3. The zero-order valence-corrected chi connectivity index (χ0v) is 14.9. The second-order valence-electron chi connectivity index (χ2n) is 5.65. The van der Waals surface area contributed by atoms with Crippen LogP contribution in [0.5, 0.6) is 11.5 Å². The Kier molecular flexibility index (Phi) is 6.68. The summed E-state index contributed by atoms with van der Waals surface area (Å²) < 4.78 is 51.0. The average Bonchev–Trinajstić information content (AvgIpc) is 2.60. The average molecular weight is 383 g/mol. The van der Waals surface area contributed by atoms with E-state index in [4.69, 9.17) is 15.2 Å². The molecule has 0 aliphatic heterocycles. The molecule has 0 heterocycles. The minimum absolute atomic E-state index is 0.0119. The van der Waals surface area contributed by atoms with Crippen molar-refractivity contribution in [2.24, 2.45) is 5.73 Å². The van der Waals surface area contributed by atoms with E-state index >= 15 is 0 Å². The zero-order valence-electron chi connectivity index (χ0n) is 14.9. The summed E-state index contributed by atoms with van der Waals surface area (Å²) >= 11 is 0. The molecular formula is C19H20F3NO4. The minimum atomic E-state index is -4.75. The molecule has 2 aromatic rings. The molecule has 2 N–H and O–H groups in total. The molecule has 0 bridgehead atoms. The van der Waals surface area contributed by atoms with Gasteiger partial charge in [-0.1, -0.05) is 18.2 Å². The van der Waals surface area contributed by atoms with E-state index in [2.05, 4.69) is 4.74 Å². The Morgan fingerprint density at radius 1 is 1.15 bits per heavy atom. The highest BCUT2D eigenvalue weighted by atomic mass is 19.4. The van der Waals surface area contributed by atoms with Crippen molar-refractivity contribution in [2.45, 2.75) is 25.7 Å². The van der Waals surface area contributed by atoms with Crippen LogP contribution in [0.1, 0.15) is 24.9 Å². The van der Waals surface area contributed by atoms with Gasteiger partial charge < -0.3 is 19.9 Å². The van der Waals surface area contributed by atoms with Crippen molar-refractivity contribution in [2.75, 3.05) is 13.7 Å². The van der Waals surface area contributed by atoms with Gasteiger partial charge in [-0.05, 0) is 42.3 Å². The number of hydrogen-bond acceptors (Lipinski definition) is 5.